The van der Waals surface area contributed by atoms with Crippen LogP contribution in [0.5, 0.6) is 5.75 Å². The van der Waals surface area contributed by atoms with Crippen molar-refractivity contribution < 1.29 is 14.3 Å². The maximum Gasteiger partial charge on any atom is 0.305 e. The van der Waals surface area contributed by atoms with Gasteiger partial charge in [-0.3, -0.25) is 4.79 Å². The van der Waals surface area contributed by atoms with Gasteiger partial charge in [-0.2, -0.15) is 0 Å². The van der Waals surface area contributed by atoms with Crippen LogP contribution in [-0.2, 0) is 9.53 Å². The molecule has 0 radical (unpaired) electrons. The molecule has 0 aromatic heterocycles. The molecule has 1 rings (SSSR count). The second kappa shape index (κ2) is 8.97. The molecule has 4 nitrogen and oxygen atoms in total. The number of methoxy groups -OCH3 is 1. The van der Waals surface area contributed by atoms with Crippen molar-refractivity contribution in [2.75, 3.05) is 13.7 Å². The van der Waals surface area contributed by atoms with E-state index in [-0.39, 0.29) is 12.0 Å². The first-order valence-electron chi connectivity index (χ1n) is 6.83. The van der Waals surface area contributed by atoms with Crippen molar-refractivity contribution in [3.63, 3.8) is 0 Å². The zero-order valence-electron chi connectivity index (χ0n) is 12.0. The van der Waals surface area contributed by atoms with E-state index in [0.717, 1.165) is 35.0 Å². The Hall–Kier alpha value is -1.07. The second-order valence-electron chi connectivity index (χ2n) is 4.54. The Balaban J connectivity index is 2.39. The summed E-state index contributed by atoms with van der Waals surface area (Å²) in [5.74, 6) is 0.668. The fourth-order valence-electron chi connectivity index (χ4n) is 1.96. The van der Waals surface area contributed by atoms with Crippen molar-refractivity contribution >= 4 is 21.9 Å². The smallest absolute Gasteiger partial charge is 0.305 e. The van der Waals surface area contributed by atoms with Crippen LogP contribution in [-0.4, -0.2) is 19.7 Å². The SMILES string of the molecule is CCOC(=O)CCCCC(N)c1ccc(OC)cc1Br. The maximum atomic E-state index is 11.2. The number of hydrogen-bond acceptors (Lipinski definition) is 4. The Kier molecular flexibility index (Phi) is 7.62. The lowest BCUT2D eigenvalue weighted by atomic mass is 10.0. The lowest BCUT2D eigenvalue weighted by molar-refractivity contribution is -0.143. The van der Waals surface area contributed by atoms with Gasteiger partial charge < -0.3 is 15.2 Å². The molecule has 0 saturated heterocycles. The molecular formula is C15H22BrNO3. The molecule has 0 aliphatic rings. The van der Waals surface area contributed by atoms with Gasteiger partial charge >= 0.3 is 5.97 Å². The Morgan fingerprint density at radius 1 is 1.40 bits per heavy atom. The Labute approximate surface area is 128 Å². The van der Waals surface area contributed by atoms with Gasteiger partial charge in [0.15, 0.2) is 0 Å². The molecule has 0 aliphatic carbocycles. The molecular weight excluding hydrogens is 322 g/mol. The van der Waals surface area contributed by atoms with Gasteiger partial charge in [0.05, 0.1) is 13.7 Å². The average Bonchev–Trinajstić information content (AvgIpc) is 2.43. The molecule has 2 N–H and O–H groups in total. The van der Waals surface area contributed by atoms with Crippen molar-refractivity contribution in [2.45, 2.75) is 38.6 Å². The summed E-state index contributed by atoms with van der Waals surface area (Å²) in [6.07, 6.45) is 3.01. The van der Waals surface area contributed by atoms with Crippen molar-refractivity contribution in [3.8, 4) is 5.75 Å². The number of nitrogens with two attached hydrogens (primary N) is 1. The van der Waals surface area contributed by atoms with Gasteiger partial charge in [0, 0.05) is 16.9 Å². The fraction of sp³-hybridized carbons (Fsp3) is 0.533. The van der Waals surface area contributed by atoms with Crippen LogP contribution in [0, 0.1) is 0 Å². The van der Waals surface area contributed by atoms with E-state index in [1.165, 1.54) is 0 Å². The van der Waals surface area contributed by atoms with Crippen LogP contribution in [0.2, 0.25) is 0 Å². The van der Waals surface area contributed by atoms with Crippen LogP contribution in [0.15, 0.2) is 22.7 Å². The van der Waals surface area contributed by atoms with Gasteiger partial charge in [-0.05, 0) is 37.5 Å². The molecule has 0 amide bonds. The van der Waals surface area contributed by atoms with Gasteiger partial charge in [0.2, 0.25) is 0 Å². The molecule has 1 atom stereocenters. The minimum Gasteiger partial charge on any atom is -0.497 e. The average molecular weight is 344 g/mol. The summed E-state index contributed by atoms with van der Waals surface area (Å²) in [5.41, 5.74) is 7.23. The number of esters is 1. The van der Waals surface area contributed by atoms with Gasteiger partial charge in [-0.1, -0.05) is 28.4 Å². The highest BCUT2D eigenvalue weighted by Crippen LogP contribution is 2.29. The summed E-state index contributed by atoms with van der Waals surface area (Å²) < 4.78 is 11.0. The predicted molar refractivity (Wildman–Crippen MR) is 82.7 cm³/mol. The molecule has 20 heavy (non-hydrogen) atoms. The summed E-state index contributed by atoms with van der Waals surface area (Å²) >= 11 is 3.51. The van der Waals surface area contributed by atoms with Crippen LogP contribution >= 0.6 is 15.9 Å². The monoisotopic (exact) mass is 343 g/mol. The molecule has 0 aliphatic heterocycles. The number of ether oxygens (including phenoxy) is 2. The van der Waals surface area contributed by atoms with E-state index in [1.54, 1.807) is 7.11 Å². The number of benzene rings is 1. The maximum absolute atomic E-state index is 11.2. The van der Waals surface area contributed by atoms with Gasteiger partial charge in [0.1, 0.15) is 5.75 Å². The Bertz CT molecular complexity index is 437. The third-order valence-corrected chi connectivity index (χ3v) is 3.75. The number of halogens is 1. The second-order valence-corrected chi connectivity index (χ2v) is 5.40. The number of carbonyl (C=O) groups is 1. The van der Waals surface area contributed by atoms with E-state index in [4.69, 9.17) is 15.2 Å². The van der Waals surface area contributed by atoms with Crippen molar-refractivity contribution in [1.82, 2.24) is 0 Å². The Morgan fingerprint density at radius 3 is 2.75 bits per heavy atom. The first kappa shape index (κ1) is 17.0. The van der Waals surface area contributed by atoms with Crippen LogP contribution in [0.25, 0.3) is 0 Å². The largest absolute Gasteiger partial charge is 0.497 e. The van der Waals surface area contributed by atoms with Crippen molar-refractivity contribution in [1.29, 1.82) is 0 Å². The van der Waals surface area contributed by atoms with Crippen LogP contribution in [0.4, 0.5) is 0 Å². The third kappa shape index (κ3) is 5.51. The van der Waals surface area contributed by atoms with Crippen LogP contribution in [0.1, 0.15) is 44.2 Å². The molecule has 0 bridgehead atoms. The molecule has 0 saturated carbocycles. The van der Waals surface area contributed by atoms with Crippen molar-refractivity contribution in [2.24, 2.45) is 5.73 Å². The van der Waals surface area contributed by atoms with Gasteiger partial charge in [0.25, 0.3) is 0 Å². The predicted octanol–water partition coefficient (Wildman–Crippen LogP) is 3.58. The molecule has 1 unspecified atom stereocenters. The molecule has 5 heteroatoms. The Morgan fingerprint density at radius 2 is 2.15 bits per heavy atom. The summed E-state index contributed by atoms with van der Waals surface area (Å²) in [6.45, 7) is 2.26. The molecule has 1 aromatic rings. The summed E-state index contributed by atoms with van der Waals surface area (Å²) in [6, 6.07) is 5.74. The van der Waals surface area contributed by atoms with E-state index >= 15 is 0 Å². The van der Waals surface area contributed by atoms with E-state index in [9.17, 15) is 4.79 Å². The summed E-state index contributed by atoms with van der Waals surface area (Å²) in [5, 5.41) is 0. The fourth-order valence-corrected chi connectivity index (χ4v) is 2.61. The van der Waals surface area contributed by atoms with Crippen LogP contribution in [0.3, 0.4) is 0 Å². The lowest BCUT2D eigenvalue weighted by Crippen LogP contribution is -2.11. The van der Waals surface area contributed by atoms with E-state index in [1.807, 2.05) is 25.1 Å². The van der Waals surface area contributed by atoms with Gasteiger partial charge in [-0.25, -0.2) is 0 Å². The van der Waals surface area contributed by atoms with E-state index in [2.05, 4.69) is 15.9 Å². The number of unbranched alkanes of at least 4 members (excludes halogenated alkanes) is 1. The number of rotatable bonds is 8. The highest BCUT2D eigenvalue weighted by molar-refractivity contribution is 9.10. The first-order valence-corrected chi connectivity index (χ1v) is 7.62. The molecule has 112 valence electrons. The molecule has 0 fully saturated rings. The zero-order chi connectivity index (χ0) is 15.0. The molecule has 0 heterocycles. The highest BCUT2D eigenvalue weighted by Gasteiger charge is 2.11. The highest BCUT2D eigenvalue weighted by atomic mass is 79.9. The number of carbonyl (C=O) groups excluding carboxylic acids is 1. The summed E-state index contributed by atoms with van der Waals surface area (Å²) in [4.78, 5) is 11.2. The van der Waals surface area contributed by atoms with Crippen molar-refractivity contribution in [3.05, 3.63) is 28.2 Å². The minimum absolute atomic E-state index is 0.0440. The van der Waals surface area contributed by atoms with Crippen LogP contribution < -0.4 is 10.5 Å². The molecule has 1 aromatic carbocycles. The van der Waals surface area contributed by atoms with E-state index in [0.29, 0.717) is 13.0 Å². The quantitative estimate of drug-likeness (QED) is 0.578. The minimum atomic E-state index is -0.133. The zero-order valence-corrected chi connectivity index (χ0v) is 13.6. The number of hydrogen-bond donors (Lipinski definition) is 1. The topological polar surface area (TPSA) is 61.5 Å². The first-order chi connectivity index (χ1) is 9.58. The van der Waals surface area contributed by atoms with E-state index < -0.39 is 0 Å². The van der Waals surface area contributed by atoms with Gasteiger partial charge in [-0.15, -0.1) is 0 Å². The molecule has 0 spiro atoms. The standard InChI is InChI=1S/C15H22BrNO3/c1-3-20-15(18)7-5-4-6-14(17)12-9-8-11(19-2)10-13(12)16/h8-10,14H,3-7,17H2,1-2H3. The normalized spacial score (nSPS) is 12.0. The summed E-state index contributed by atoms with van der Waals surface area (Å²) in [7, 11) is 1.64. The third-order valence-electron chi connectivity index (χ3n) is 3.06. The lowest BCUT2D eigenvalue weighted by Gasteiger charge is -2.14.